The molecule has 0 aromatic heterocycles. The Morgan fingerprint density at radius 2 is 2.24 bits per heavy atom. The van der Waals surface area contributed by atoms with Gasteiger partial charge in [0.15, 0.2) is 5.84 Å². The van der Waals surface area contributed by atoms with E-state index in [0.29, 0.717) is 12.1 Å². The van der Waals surface area contributed by atoms with Gasteiger partial charge < -0.3 is 25.7 Å². The molecular weight excluding hydrogens is 290 g/mol. The Bertz CT molecular complexity index is 483. The van der Waals surface area contributed by atoms with Gasteiger partial charge in [0.2, 0.25) is 0 Å². The number of nitrogens with zero attached hydrogens (tertiary/aromatic N) is 2. The highest BCUT2D eigenvalue weighted by molar-refractivity contribution is 7.99. The number of methoxy groups -OCH3 is 1. The highest BCUT2D eigenvalue weighted by atomic mass is 32.2. The molecule has 0 aliphatic heterocycles. The molecule has 0 amide bonds. The van der Waals surface area contributed by atoms with Crippen LogP contribution in [0.4, 0.5) is 5.69 Å². The van der Waals surface area contributed by atoms with Crippen molar-refractivity contribution in [1.29, 1.82) is 0 Å². The average molecular weight is 313 g/mol. The van der Waals surface area contributed by atoms with E-state index in [-0.39, 0.29) is 12.4 Å². The van der Waals surface area contributed by atoms with Gasteiger partial charge in [-0.25, -0.2) is 0 Å². The lowest BCUT2D eigenvalue weighted by molar-refractivity contribution is 0.0695. The predicted molar refractivity (Wildman–Crippen MR) is 86.5 cm³/mol. The van der Waals surface area contributed by atoms with Crippen molar-refractivity contribution in [3.63, 3.8) is 0 Å². The SMILES string of the molecule is CCSc1cccc(N(C)CC(O)COC)c1/C(N)=N/O. The molecule has 0 aliphatic rings. The molecule has 0 saturated carbocycles. The second kappa shape index (κ2) is 8.76. The highest BCUT2D eigenvalue weighted by Gasteiger charge is 2.17. The topological polar surface area (TPSA) is 91.3 Å². The molecule has 0 radical (unpaired) electrons. The van der Waals surface area contributed by atoms with Gasteiger partial charge in [-0.1, -0.05) is 18.1 Å². The van der Waals surface area contributed by atoms with Crippen LogP contribution in [0.3, 0.4) is 0 Å². The number of nitrogens with two attached hydrogens (primary N) is 1. The van der Waals surface area contributed by atoms with Crippen LogP contribution in [0.25, 0.3) is 0 Å². The van der Waals surface area contributed by atoms with Crippen LogP contribution in [-0.4, -0.2) is 55.3 Å². The van der Waals surface area contributed by atoms with Gasteiger partial charge in [-0.05, 0) is 17.9 Å². The number of likely N-dealkylation sites (N-methyl/N-ethyl adjacent to an activating group) is 1. The molecule has 21 heavy (non-hydrogen) atoms. The fraction of sp³-hybridized carbons (Fsp3) is 0.500. The fourth-order valence-electron chi connectivity index (χ4n) is 2.08. The Kier molecular flexibility index (Phi) is 7.35. The molecule has 0 saturated heterocycles. The van der Waals surface area contributed by atoms with Crippen molar-refractivity contribution in [2.24, 2.45) is 10.9 Å². The molecule has 1 atom stereocenters. The first kappa shape index (κ1) is 17.6. The maximum Gasteiger partial charge on any atom is 0.173 e. The van der Waals surface area contributed by atoms with Crippen molar-refractivity contribution in [2.45, 2.75) is 17.9 Å². The smallest absolute Gasteiger partial charge is 0.173 e. The number of hydrogen-bond acceptors (Lipinski definition) is 6. The third kappa shape index (κ3) is 4.80. The number of rotatable bonds is 8. The van der Waals surface area contributed by atoms with Crippen molar-refractivity contribution in [1.82, 2.24) is 0 Å². The molecular formula is C14H23N3O3S. The Hall–Kier alpha value is -1.44. The Balaban J connectivity index is 3.13. The molecule has 1 aromatic rings. The molecule has 0 bridgehead atoms. The molecule has 7 heteroatoms. The number of oxime groups is 1. The molecule has 1 rings (SSSR count). The number of amidine groups is 1. The molecule has 4 N–H and O–H groups in total. The monoisotopic (exact) mass is 313 g/mol. The summed E-state index contributed by atoms with van der Waals surface area (Å²) in [4.78, 5) is 2.81. The first-order valence-corrected chi connectivity index (χ1v) is 7.65. The first-order valence-electron chi connectivity index (χ1n) is 6.66. The summed E-state index contributed by atoms with van der Waals surface area (Å²) < 4.78 is 4.93. The van der Waals surface area contributed by atoms with E-state index in [1.807, 2.05) is 37.1 Å². The minimum atomic E-state index is -0.609. The number of benzene rings is 1. The summed E-state index contributed by atoms with van der Waals surface area (Å²) in [6.45, 7) is 2.69. The lowest BCUT2D eigenvalue weighted by atomic mass is 10.1. The molecule has 0 aliphatic carbocycles. The molecule has 0 spiro atoms. The number of ether oxygens (including phenoxy) is 1. The van der Waals surface area contributed by atoms with Crippen LogP contribution in [0.2, 0.25) is 0 Å². The standard InChI is InChI=1S/C14H23N3O3S/c1-4-21-12-7-5-6-11(13(12)14(15)16-19)17(2)8-10(18)9-20-3/h5-7,10,18-19H,4,8-9H2,1-3H3,(H2,15,16). The van der Waals surface area contributed by atoms with Crippen LogP contribution in [0.15, 0.2) is 28.3 Å². The highest BCUT2D eigenvalue weighted by Crippen LogP contribution is 2.30. The van der Waals surface area contributed by atoms with Crippen LogP contribution < -0.4 is 10.6 Å². The van der Waals surface area contributed by atoms with E-state index < -0.39 is 6.10 Å². The van der Waals surface area contributed by atoms with E-state index in [9.17, 15) is 5.11 Å². The first-order chi connectivity index (χ1) is 10.0. The predicted octanol–water partition coefficient (Wildman–Crippen LogP) is 1.34. The van der Waals surface area contributed by atoms with Gasteiger partial charge in [0.05, 0.1) is 18.3 Å². The normalized spacial score (nSPS) is 13.2. The zero-order chi connectivity index (χ0) is 15.8. The average Bonchev–Trinajstić information content (AvgIpc) is 2.46. The van der Waals surface area contributed by atoms with Crippen molar-refractivity contribution >= 4 is 23.3 Å². The zero-order valence-corrected chi connectivity index (χ0v) is 13.4. The lowest BCUT2D eigenvalue weighted by Crippen LogP contribution is -2.33. The largest absolute Gasteiger partial charge is 0.409 e. The van der Waals surface area contributed by atoms with Gasteiger partial charge in [-0.15, -0.1) is 11.8 Å². The minimum absolute atomic E-state index is 0.0645. The van der Waals surface area contributed by atoms with E-state index in [0.717, 1.165) is 16.3 Å². The van der Waals surface area contributed by atoms with Crippen LogP contribution in [0.1, 0.15) is 12.5 Å². The Labute approximate surface area is 129 Å². The summed E-state index contributed by atoms with van der Waals surface area (Å²) in [6, 6.07) is 5.73. The summed E-state index contributed by atoms with van der Waals surface area (Å²) in [5.74, 6) is 0.945. The van der Waals surface area contributed by atoms with Gasteiger partial charge in [0.1, 0.15) is 0 Å². The second-order valence-electron chi connectivity index (χ2n) is 4.56. The van der Waals surface area contributed by atoms with E-state index in [2.05, 4.69) is 5.16 Å². The van der Waals surface area contributed by atoms with Crippen molar-refractivity contribution in [3.8, 4) is 0 Å². The molecule has 1 aromatic carbocycles. The molecule has 6 nitrogen and oxygen atoms in total. The Morgan fingerprint density at radius 3 is 2.81 bits per heavy atom. The molecule has 0 heterocycles. The minimum Gasteiger partial charge on any atom is -0.409 e. The summed E-state index contributed by atoms with van der Waals surface area (Å²) in [7, 11) is 3.40. The maximum absolute atomic E-state index is 9.86. The van der Waals surface area contributed by atoms with E-state index in [1.54, 1.807) is 18.9 Å². The number of thioether (sulfide) groups is 1. The summed E-state index contributed by atoms with van der Waals surface area (Å²) in [5, 5.41) is 22.0. The van der Waals surface area contributed by atoms with Crippen LogP contribution in [-0.2, 0) is 4.74 Å². The Morgan fingerprint density at radius 1 is 1.52 bits per heavy atom. The second-order valence-corrected chi connectivity index (χ2v) is 5.86. The van der Waals surface area contributed by atoms with Gasteiger partial charge in [-0.3, -0.25) is 0 Å². The van der Waals surface area contributed by atoms with Crippen molar-refractivity contribution in [2.75, 3.05) is 38.0 Å². The molecule has 0 fully saturated rings. The van der Waals surface area contributed by atoms with E-state index in [1.165, 1.54) is 0 Å². The quantitative estimate of drug-likeness (QED) is 0.220. The van der Waals surface area contributed by atoms with Crippen LogP contribution in [0, 0.1) is 0 Å². The number of anilines is 1. The van der Waals surface area contributed by atoms with Crippen LogP contribution in [0.5, 0.6) is 0 Å². The summed E-state index contributed by atoms with van der Waals surface area (Å²) in [6.07, 6.45) is -0.609. The van der Waals surface area contributed by atoms with E-state index >= 15 is 0 Å². The van der Waals surface area contributed by atoms with Crippen molar-refractivity contribution < 1.29 is 15.1 Å². The van der Waals surface area contributed by atoms with Gasteiger partial charge in [0.25, 0.3) is 0 Å². The van der Waals surface area contributed by atoms with Gasteiger partial charge in [0, 0.05) is 31.3 Å². The number of aliphatic hydroxyl groups is 1. The van der Waals surface area contributed by atoms with Crippen LogP contribution >= 0.6 is 11.8 Å². The summed E-state index contributed by atoms with van der Waals surface area (Å²) in [5.41, 5.74) is 7.31. The molecule has 118 valence electrons. The third-order valence-corrected chi connectivity index (χ3v) is 3.86. The fourth-order valence-corrected chi connectivity index (χ4v) is 2.92. The third-order valence-electron chi connectivity index (χ3n) is 2.92. The molecule has 1 unspecified atom stereocenters. The lowest BCUT2D eigenvalue weighted by Gasteiger charge is -2.25. The number of aliphatic hydroxyl groups excluding tert-OH is 1. The zero-order valence-electron chi connectivity index (χ0n) is 12.6. The van der Waals surface area contributed by atoms with E-state index in [4.69, 9.17) is 15.7 Å². The van der Waals surface area contributed by atoms with Crippen molar-refractivity contribution in [3.05, 3.63) is 23.8 Å². The maximum atomic E-state index is 9.86. The summed E-state index contributed by atoms with van der Waals surface area (Å²) >= 11 is 1.62. The van der Waals surface area contributed by atoms with Gasteiger partial charge >= 0.3 is 0 Å². The van der Waals surface area contributed by atoms with Gasteiger partial charge in [-0.2, -0.15) is 0 Å². The number of hydrogen-bond donors (Lipinski definition) is 3.